The number of aryl methyl sites for hydroxylation is 2. The molecule has 4 aromatic rings. The Bertz CT molecular complexity index is 1450. The van der Waals surface area contributed by atoms with Gasteiger partial charge in [0.2, 0.25) is 5.88 Å². The molecule has 1 saturated heterocycles. The molecule has 0 atom stereocenters. The van der Waals surface area contributed by atoms with Crippen LogP contribution < -0.4 is 10.1 Å². The molecule has 0 saturated carbocycles. The predicted octanol–water partition coefficient (Wildman–Crippen LogP) is 2.95. The van der Waals surface area contributed by atoms with Crippen molar-refractivity contribution in [1.29, 1.82) is 5.26 Å². The lowest BCUT2D eigenvalue weighted by Gasteiger charge is -2.38. The van der Waals surface area contributed by atoms with Crippen LogP contribution in [0.15, 0.2) is 43.0 Å². The number of pyridine rings is 3. The molecule has 1 amide bonds. The van der Waals surface area contributed by atoms with E-state index in [0.717, 1.165) is 5.56 Å². The number of carbonyl (C=O) groups excluding carboxylic acids is 1. The molecule has 1 N–H and O–H groups in total. The molecule has 4 aromatic heterocycles. The average molecular weight is 470 g/mol. The van der Waals surface area contributed by atoms with Gasteiger partial charge in [-0.2, -0.15) is 10.2 Å². The molecule has 0 unspecified atom stereocenters. The lowest BCUT2D eigenvalue weighted by Crippen LogP contribution is -2.54. The summed E-state index contributed by atoms with van der Waals surface area (Å²) in [4.78, 5) is 31.8. The van der Waals surface area contributed by atoms with Gasteiger partial charge in [-0.05, 0) is 30.7 Å². The van der Waals surface area contributed by atoms with Crippen LogP contribution in [0.5, 0.6) is 11.6 Å². The zero-order valence-corrected chi connectivity index (χ0v) is 19.4. The molecule has 1 aliphatic heterocycles. The van der Waals surface area contributed by atoms with Crippen molar-refractivity contribution in [3.8, 4) is 17.7 Å². The quantitative estimate of drug-likeness (QED) is 0.452. The molecule has 5 heterocycles. The van der Waals surface area contributed by atoms with Gasteiger partial charge in [-0.25, -0.2) is 15.0 Å². The zero-order chi connectivity index (χ0) is 24.5. The van der Waals surface area contributed by atoms with Gasteiger partial charge >= 0.3 is 0 Å². The largest absolute Gasteiger partial charge is 0.437 e. The van der Waals surface area contributed by atoms with E-state index in [1.807, 2.05) is 20.0 Å². The van der Waals surface area contributed by atoms with Crippen molar-refractivity contribution in [1.82, 2.24) is 29.4 Å². The summed E-state index contributed by atoms with van der Waals surface area (Å²) in [6, 6.07) is 8.86. The number of nitrogens with one attached hydrogen (secondary N) is 1. The highest BCUT2D eigenvalue weighted by atomic mass is 16.5. The third kappa shape index (κ3) is 4.34. The summed E-state index contributed by atoms with van der Waals surface area (Å²) in [5.74, 6) is 1.29. The number of hydrogen-bond donors (Lipinski definition) is 1. The van der Waals surface area contributed by atoms with E-state index in [4.69, 9.17) is 14.7 Å². The van der Waals surface area contributed by atoms with Gasteiger partial charge in [-0.15, -0.1) is 0 Å². The SMILES string of the molecule is COC1CN(C(=O)c2ccc(Nc3cc(Oc4cnc(C#N)cc4C)nc4c3ncn4C)nc2)C1. The molecular weight excluding hydrogens is 448 g/mol. The van der Waals surface area contributed by atoms with Crippen molar-refractivity contribution in [2.24, 2.45) is 7.05 Å². The molecule has 1 fully saturated rings. The summed E-state index contributed by atoms with van der Waals surface area (Å²) in [6.45, 7) is 3.00. The van der Waals surface area contributed by atoms with Crippen molar-refractivity contribution >= 4 is 28.6 Å². The van der Waals surface area contributed by atoms with E-state index in [1.165, 1.54) is 6.20 Å². The Balaban J connectivity index is 1.39. The zero-order valence-electron chi connectivity index (χ0n) is 19.4. The van der Waals surface area contributed by atoms with Gasteiger partial charge in [-0.3, -0.25) is 4.79 Å². The normalized spacial score (nSPS) is 13.4. The maximum absolute atomic E-state index is 12.6. The number of amides is 1. The number of nitriles is 1. The predicted molar refractivity (Wildman–Crippen MR) is 126 cm³/mol. The fourth-order valence-electron chi connectivity index (χ4n) is 3.71. The Morgan fingerprint density at radius 2 is 2.03 bits per heavy atom. The van der Waals surface area contributed by atoms with Gasteiger partial charge in [-0.1, -0.05) is 0 Å². The summed E-state index contributed by atoms with van der Waals surface area (Å²) in [7, 11) is 3.48. The number of methoxy groups -OCH3 is 1. The van der Waals surface area contributed by atoms with Crippen molar-refractivity contribution in [3.63, 3.8) is 0 Å². The molecule has 0 radical (unpaired) electrons. The maximum atomic E-state index is 12.6. The Morgan fingerprint density at radius 1 is 1.20 bits per heavy atom. The second-order valence-electron chi connectivity index (χ2n) is 8.21. The molecule has 0 bridgehead atoms. The molecule has 5 rings (SSSR count). The number of imidazole rings is 1. The summed E-state index contributed by atoms with van der Waals surface area (Å²) < 4.78 is 13.0. The second kappa shape index (κ2) is 9.00. The summed E-state index contributed by atoms with van der Waals surface area (Å²) in [5.41, 5.74) is 3.48. The second-order valence-corrected chi connectivity index (χ2v) is 8.21. The van der Waals surface area contributed by atoms with E-state index in [2.05, 4.69) is 25.3 Å². The van der Waals surface area contributed by atoms with Crippen LogP contribution in [0.25, 0.3) is 11.2 Å². The molecular formula is C24H22N8O3. The third-order valence-corrected chi connectivity index (χ3v) is 5.78. The maximum Gasteiger partial charge on any atom is 0.255 e. The number of fused-ring (bicyclic) bond motifs is 1. The number of aromatic nitrogens is 5. The molecule has 35 heavy (non-hydrogen) atoms. The number of rotatable bonds is 6. The Hall–Kier alpha value is -4.56. The van der Waals surface area contributed by atoms with Crippen LogP contribution in [-0.2, 0) is 11.8 Å². The van der Waals surface area contributed by atoms with E-state index in [1.54, 1.807) is 53.4 Å². The Morgan fingerprint density at radius 3 is 2.71 bits per heavy atom. The first kappa shape index (κ1) is 22.2. The molecule has 176 valence electrons. The fourth-order valence-corrected chi connectivity index (χ4v) is 3.71. The molecule has 0 aliphatic carbocycles. The summed E-state index contributed by atoms with van der Waals surface area (Å²) in [5, 5.41) is 12.3. The molecule has 11 nitrogen and oxygen atoms in total. The number of ether oxygens (including phenoxy) is 2. The smallest absolute Gasteiger partial charge is 0.255 e. The van der Waals surface area contributed by atoms with Crippen LogP contribution >= 0.6 is 0 Å². The van der Waals surface area contributed by atoms with Crippen LogP contribution in [-0.4, -0.2) is 61.6 Å². The van der Waals surface area contributed by atoms with E-state index in [9.17, 15) is 4.79 Å². The van der Waals surface area contributed by atoms with Crippen molar-refractivity contribution in [3.05, 3.63) is 59.8 Å². The van der Waals surface area contributed by atoms with Gasteiger partial charge in [0.25, 0.3) is 5.91 Å². The highest BCUT2D eigenvalue weighted by molar-refractivity contribution is 5.95. The van der Waals surface area contributed by atoms with Crippen molar-refractivity contribution in [2.75, 3.05) is 25.5 Å². The number of carbonyl (C=O) groups is 1. The number of anilines is 2. The van der Waals surface area contributed by atoms with Crippen molar-refractivity contribution < 1.29 is 14.3 Å². The van der Waals surface area contributed by atoms with Gasteiger partial charge < -0.3 is 24.3 Å². The standard InChI is InChI=1S/C24H22N8O3/c1-14-6-16(8-25)26-10-19(14)35-21-7-18(22-23(30-21)31(2)13-28-22)29-20-5-4-15(9-27-20)24(33)32-11-17(12-32)34-3/h4-7,9-10,13,17H,11-12H2,1-3H3,(H,27,29,30). The van der Waals surface area contributed by atoms with Gasteiger partial charge in [0.1, 0.15) is 23.1 Å². The number of hydrogen-bond acceptors (Lipinski definition) is 9. The monoisotopic (exact) mass is 470 g/mol. The van der Waals surface area contributed by atoms with Crippen LogP contribution in [0, 0.1) is 18.3 Å². The molecule has 1 aliphatic rings. The summed E-state index contributed by atoms with van der Waals surface area (Å²) >= 11 is 0. The molecule has 11 heteroatoms. The first-order valence-corrected chi connectivity index (χ1v) is 10.9. The molecule has 0 spiro atoms. The van der Waals surface area contributed by atoms with Crippen LogP contribution in [0.1, 0.15) is 21.6 Å². The van der Waals surface area contributed by atoms with Gasteiger partial charge in [0.15, 0.2) is 11.4 Å². The highest BCUT2D eigenvalue weighted by Gasteiger charge is 2.31. The van der Waals surface area contributed by atoms with E-state index < -0.39 is 0 Å². The van der Waals surface area contributed by atoms with E-state index in [0.29, 0.717) is 58.6 Å². The Kier molecular flexibility index (Phi) is 5.72. The number of likely N-dealkylation sites (tertiary alicyclic amines) is 1. The minimum atomic E-state index is -0.0736. The van der Waals surface area contributed by atoms with Crippen LogP contribution in [0.4, 0.5) is 11.5 Å². The van der Waals surface area contributed by atoms with Gasteiger partial charge in [0, 0.05) is 39.5 Å². The van der Waals surface area contributed by atoms with Gasteiger partial charge in [0.05, 0.1) is 29.9 Å². The fraction of sp³-hybridized carbons (Fsp3) is 0.250. The van der Waals surface area contributed by atoms with Crippen LogP contribution in [0.3, 0.4) is 0 Å². The minimum Gasteiger partial charge on any atom is -0.437 e. The third-order valence-electron chi connectivity index (χ3n) is 5.78. The average Bonchev–Trinajstić information content (AvgIpc) is 3.21. The highest BCUT2D eigenvalue weighted by Crippen LogP contribution is 2.31. The van der Waals surface area contributed by atoms with Crippen molar-refractivity contribution in [2.45, 2.75) is 13.0 Å². The number of nitrogens with zero attached hydrogens (tertiary/aromatic N) is 7. The topological polar surface area (TPSA) is 131 Å². The van der Waals surface area contributed by atoms with Crippen LogP contribution in [0.2, 0.25) is 0 Å². The van der Waals surface area contributed by atoms with E-state index >= 15 is 0 Å². The lowest BCUT2D eigenvalue weighted by atomic mass is 10.1. The Labute approximate surface area is 201 Å². The summed E-state index contributed by atoms with van der Waals surface area (Å²) in [6.07, 6.45) is 4.81. The first-order valence-electron chi connectivity index (χ1n) is 10.9. The lowest BCUT2D eigenvalue weighted by molar-refractivity contribution is -0.0192. The first-order chi connectivity index (χ1) is 16.9. The minimum absolute atomic E-state index is 0.0736. The molecule has 0 aromatic carbocycles. The van der Waals surface area contributed by atoms with E-state index in [-0.39, 0.29) is 12.0 Å².